The zero-order valence-electron chi connectivity index (χ0n) is 13.3. The van der Waals surface area contributed by atoms with E-state index < -0.39 is 17.5 Å². The summed E-state index contributed by atoms with van der Waals surface area (Å²) in [4.78, 5) is 14.3. The number of amides is 1. The maximum atomic E-state index is 13.8. The Hall–Kier alpha value is -2.31. The van der Waals surface area contributed by atoms with Gasteiger partial charge in [0.15, 0.2) is 11.6 Å². The smallest absolute Gasteiger partial charge is 0.227 e. The van der Waals surface area contributed by atoms with Gasteiger partial charge in [-0.05, 0) is 31.4 Å². The van der Waals surface area contributed by atoms with E-state index >= 15 is 0 Å². The van der Waals surface area contributed by atoms with E-state index in [1.54, 1.807) is 15.8 Å². The van der Waals surface area contributed by atoms with Gasteiger partial charge in [0.1, 0.15) is 5.82 Å². The van der Waals surface area contributed by atoms with E-state index in [2.05, 4.69) is 5.10 Å². The maximum absolute atomic E-state index is 13.8. The summed E-state index contributed by atoms with van der Waals surface area (Å²) in [5.74, 6) is -3.61. The fourth-order valence-electron chi connectivity index (χ4n) is 3.21. The largest absolute Gasteiger partial charge is 0.334 e. The van der Waals surface area contributed by atoms with Gasteiger partial charge in [-0.2, -0.15) is 5.10 Å². The van der Waals surface area contributed by atoms with Crippen molar-refractivity contribution in [1.82, 2.24) is 14.7 Å². The van der Waals surface area contributed by atoms with E-state index in [4.69, 9.17) is 0 Å². The van der Waals surface area contributed by atoms with Crippen LogP contribution in [0.5, 0.6) is 0 Å². The number of aromatic nitrogens is 2. The Morgan fingerprint density at radius 1 is 1.21 bits per heavy atom. The van der Waals surface area contributed by atoms with Gasteiger partial charge in [0.2, 0.25) is 5.91 Å². The first-order valence-electron chi connectivity index (χ1n) is 7.88. The summed E-state index contributed by atoms with van der Waals surface area (Å²) in [5, 5.41) is 4.13. The summed E-state index contributed by atoms with van der Waals surface area (Å²) in [6, 6.07) is 2.96. The van der Waals surface area contributed by atoms with Crippen LogP contribution in [-0.2, 0) is 18.3 Å². The number of hydrogen-bond acceptors (Lipinski definition) is 2. The molecule has 0 radical (unpaired) electrons. The maximum Gasteiger partial charge on any atom is 0.227 e. The highest BCUT2D eigenvalue weighted by Gasteiger charge is 2.30. The minimum atomic E-state index is -1.26. The lowest BCUT2D eigenvalue weighted by molar-refractivity contribution is -0.134. The molecule has 1 amide bonds. The quantitative estimate of drug-likeness (QED) is 0.807. The van der Waals surface area contributed by atoms with Crippen LogP contribution in [0.15, 0.2) is 24.4 Å². The number of aryl methyl sites for hydroxylation is 1. The lowest BCUT2D eigenvalue weighted by atomic mass is 9.98. The summed E-state index contributed by atoms with van der Waals surface area (Å²) >= 11 is 0. The molecule has 0 saturated carbocycles. The van der Waals surface area contributed by atoms with Gasteiger partial charge in [-0.1, -0.05) is 0 Å². The molecule has 1 aromatic heterocycles. The predicted molar refractivity (Wildman–Crippen MR) is 81.5 cm³/mol. The second kappa shape index (κ2) is 6.67. The number of benzene rings is 1. The van der Waals surface area contributed by atoms with Crippen molar-refractivity contribution in [2.24, 2.45) is 7.05 Å². The number of likely N-dealkylation sites (tertiary alicyclic amines) is 1. The molecule has 3 rings (SSSR count). The summed E-state index contributed by atoms with van der Waals surface area (Å²) in [7, 11) is 1.81. The summed E-state index contributed by atoms with van der Waals surface area (Å²) < 4.78 is 41.9. The standard InChI is InChI=1S/C17H18F3N3O/c1-22-15(5-6-21-22)16-4-2-3-7-23(16)17(24)9-11-8-13(19)14(20)10-12(11)18/h5-6,8,10,16H,2-4,7,9H2,1H3. The zero-order valence-corrected chi connectivity index (χ0v) is 13.3. The summed E-state index contributed by atoms with van der Waals surface area (Å²) in [5.41, 5.74) is 0.780. The number of nitrogens with zero attached hydrogens (tertiary/aromatic N) is 3. The molecule has 1 fully saturated rings. The molecule has 0 spiro atoms. The van der Waals surface area contributed by atoms with Crippen molar-refractivity contribution in [3.05, 3.63) is 53.1 Å². The first-order valence-corrected chi connectivity index (χ1v) is 7.88. The Morgan fingerprint density at radius 3 is 2.67 bits per heavy atom. The molecular weight excluding hydrogens is 319 g/mol. The van der Waals surface area contributed by atoms with Crippen molar-refractivity contribution in [2.75, 3.05) is 6.54 Å². The van der Waals surface area contributed by atoms with Gasteiger partial charge in [-0.25, -0.2) is 13.2 Å². The molecule has 1 saturated heterocycles. The topological polar surface area (TPSA) is 38.1 Å². The molecule has 1 unspecified atom stereocenters. The Balaban J connectivity index is 1.82. The molecule has 1 atom stereocenters. The Morgan fingerprint density at radius 2 is 1.96 bits per heavy atom. The van der Waals surface area contributed by atoms with Gasteiger partial charge in [0.05, 0.1) is 18.2 Å². The lowest BCUT2D eigenvalue weighted by Gasteiger charge is -2.36. The number of carbonyl (C=O) groups excluding carboxylic acids is 1. The SMILES string of the molecule is Cn1nccc1C1CCCCN1C(=O)Cc1cc(F)c(F)cc1F. The summed E-state index contributed by atoms with van der Waals surface area (Å²) in [6.45, 7) is 0.556. The molecular formula is C17H18F3N3O. The first kappa shape index (κ1) is 16.5. The number of piperidine rings is 1. The molecule has 1 aliphatic heterocycles. The third kappa shape index (κ3) is 3.16. The van der Waals surface area contributed by atoms with Crippen LogP contribution in [-0.4, -0.2) is 27.1 Å². The highest BCUT2D eigenvalue weighted by Crippen LogP contribution is 2.31. The van der Waals surface area contributed by atoms with Gasteiger partial charge >= 0.3 is 0 Å². The molecule has 4 nitrogen and oxygen atoms in total. The van der Waals surface area contributed by atoms with Crippen molar-refractivity contribution in [1.29, 1.82) is 0 Å². The molecule has 0 N–H and O–H groups in total. The zero-order chi connectivity index (χ0) is 17.3. The van der Waals surface area contributed by atoms with Gasteiger partial charge in [0.25, 0.3) is 0 Å². The van der Waals surface area contributed by atoms with Crippen LogP contribution >= 0.6 is 0 Å². The van der Waals surface area contributed by atoms with Crippen molar-refractivity contribution in [3.63, 3.8) is 0 Å². The number of carbonyl (C=O) groups is 1. The average molecular weight is 337 g/mol. The minimum absolute atomic E-state index is 0.131. The second-order valence-electron chi connectivity index (χ2n) is 6.01. The fourth-order valence-corrected chi connectivity index (χ4v) is 3.21. The molecule has 2 aromatic rings. The third-order valence-electron chi connectivity index (χ3n) is 4.45. The van der Waals surface area contributed by atoms with Crippen LogP contribution in [0.2, 0.25) is 0 Å². The van der Waals surface area contributed by atoms with Crippen molar-refractivity contribution < 1.29 is 18.0 Å². The molecule has 1 aromatic carbocycles. The average Bonchev–Trinajstić information content (AvgIpc) is 2.98. The van der Waals surface area contributed by atoms with E-state index in [1.165, 1.54) is 0 Å². The third-order valence-corrected chi connectivity index (χ3v) is 4.45. The summed E-state index contributed by atoms with van der Waals surface area (Å²) in [6.07, 6.45) is 4.02. The first-order chi connectivity index (χ1) is 11.5. The van der Waals surface area contributed by atoms with Crippen LogP contribution in [0.25, 0.3) is 0 Å². The molecule has 7 heteroatoms. The molecule has 0 aliphatic carbocycles. The predicted octanol–water partition coefficient (Wildman–Crippen LogP) is 3.13. The molecule has 24 heavy (non-hydrogen) atoms. The lowest BCUT2D eigenvalue weighted by Crippen LogP contribution is -2.40. The van der Waals surface area contributed by atoms with E-state index in [-0.39, 0.29) is 23.9 Å². The number of hydrogen-bond donors (Lipinski definition) is 0. The van der Waals surface area contributed by atoms with Crippen molar-refractivity contribution >= 4 is 5.91 Å². The van der Waals surface area contributed by atoms with E-state index in [0.717, 1.165) is 31.0 Å². The van der Waals surface area contributed by atoms with Crippen LogP contribution < -0.4 is 0 Å². The van der Waals surface area contributed by atoms with E-state index in [1.807, 2.05) is 13.1 Å². The van der Waals surface area contributed by atoms with Gasteiger partial charge in [-0.15, -0.1) is 0 Å². The normalized spacial score (nSPS) is 18.0. The minimum Gasteiger partial charge on any atom is -0.334 e. The molecule has 0 bridgehead atoms. The Bertz CT molecular complexity index is 760. The highest BCUT2D eigenvalue weighted by atomic mass is 19.2. The second-order valence-corrected chi connectivity index (χ2v) is 6.01. The van der Waals surface area contributed by atoms with Crippen LogP contribution in [0.4, 0.5) is 13.2 Å². The van der Waals surface area contributed by atoms with E-state index in [0.29, 0.717) is 12.6 Å². The Kier molecular flexibility index (Phi) is 4.59. The molecule has 128 valence electrons. The monoisotopic (exact) mass is 337 g/mol. The van der Waals surface area contributed by atoms with Gasteiger partial charge in [0, 0.05) is 31.4 Å². The van der Waals surface area contributed by atoms with E-state index in [9.17, 15) is 18.0 Å². The van der Waals surface area contributed by atoms with Crippen LogP contribution in [0.1, 0.15) is 36.6 Å². The number of halogens is 3. The van der Waals surface area contributed by atoms with Gasteiger partial charge in [-0.3, -0.25) is 9.48 Å². The van der Waals surface area contributed by atoms with Gasteiger partial charge < -0.3 is 4.90 Å². The molecule has 1 aliphatic rings. The number of rotatable bonds is 3. The fraction of sp³-hybridized carbons (Fsp3) is 0.412. The highest BCUT2D eigenvalue weighted by molar-refractivity contribution is 5.79. The van der Waals surface area contributed by atoms with Crippen LogP contribution in [0.3, 0.4) is 0 Å². The van der Waals surface area contributed by atoms with Crippen LogP contribution in [0, 0.1) is 17.5 Å². The van der Waals surface area contributed by atoms with Crippen molar-refractivity contribution in [2.45, 2.75) is 31.7 Å². The van der Waals surface area contributed by atoms with Crippen molar-refractivity contribution in [3.8, 4) is 0 Å². The Labute approximate surface area is 137 Å². The molecule has 2 heterocycles.